The Bertz CT molecular complexity index is 2300. The summed E-state index contributed by atoms with van der Waals surface area (Å²) in [6.07, 6.45) is 7.41. The van der Waals surface area contributed by atoms with Gasteiger partial charge in [-0.15, -0.1) is 0 Å². The third-order valence-corrected chi connectivity index (χ3v) is 12.8. The van der Waals surface area contributed by atoms with Gasteiger partial charge in [0.1, 0.15) is 17.1 Å². The molecule has 5 aromatic rings. The number of aliphatic hydroxyl groups is 1. The van der Waals surface area contributed by atoms with Crippen molar-refractivity contribution in [2.24, 2.45) is 5.92 Å². The first-order chi connectivity index (χ1) is 31.4. The predicted molar refractivity (Wildman–Crippen MR) is 265 cm³/mol. The van der Waals surface area contributed by atoms with Crippen LogP contribution in [0.1, 0.15) is 76.2 Å². The number of likely N-dealkylation sites (N-methyl/N-ethyl adjacent to an activating group) is 1. The number of nitrogens with one attached hydrogen (secondary N) is 3. The summed E-state index contributed by atoms with van der Waals surface area (Å²) >= 11 is 6.95. The molecule has 1 unspecified atom stereocenters. The molecule has 1 aliphatic heterocycles. The van der Waals surface area contributed by atoms with Crippen molar-refractivity contribution in [2.75, 3.05) is 76.2 Å². The van der Waals surface area contributed by atoms with Gasteiger partial charge in [0.15, 0.2) is 0 Å². The van der Waals surface area contributed by atoms with Gasteiger partial charge in [-0.1, -0.05) is 63.9 Å². The van der Waals surface area contributed by atoms with Crippen molar-refractivity contribution in [1.82, 2.24) is 24.5 Å². The molecule has 0 radical (unpaired) electrons. The fraction of sp³-hybridized carbons (Fsp3) is 0.429. The SMILES string of the molecule is CC.CC.CC1CCC(c2ccc(Cl)cc2)=C(CN2CCN(c3ccc(C(=O)NSc4ccc(NCCCN(C)CCO)c(SC(F)(F)F)c4)c(Oc4cnc5[nH]ccc5c4)c3)CC2)C1. The third kappa shape index (κ3) is 15.3. The Hall–Kier alpha value is -4.38. The molecule has 0 spiro atoms. The summed E-state index contributed by atoms with van der Waals surface area (Å²) in [4.78, 5) is 28.6. The van der Waals surface area contributed by atoms with Crippen molar-refractivity contribution in [2.45, 2.75) is 75.6 Å². The molecule has 2 aliphatic rings. The van der Waals surface area contributed by atoms with Crippen LogP contribution in [-0.2, 0) is 0 Å². The van der Waals surface area contributed by atoms with E-state index in [1.807, 2.05) is 76.0 Å². The highest BCUT2D eigenvalue weighted by atomic mass is 35.5. The zero-order valence-corrected chi connectivity index (χ0v) is 40.6. The van der Waals surface area contributed by atoms with E-state index in [9.17, 15) is 18.0 Å². The minimum Gasteiger partial charge on any atom is -0.455 e. The molecule has 2 aromatic heterocycles. The highest BCUT2D eigenvalue weighted by Crippen LogP contribution is 2.42. The van der Waals surface area contributed by atoms with Crippen LogP contribution < -0.4 is 19.7 Å². The van der Waals surface area contributed by atoms with Crippen LogP contribution in [0.15, 0.2) is 101 Å². The molecule has 1 atom stereocenters. The van der Waals surface area contributed by atoms with E-state index in [1.165, 1.54) is 29.2 Å². The number of ether oxygens (including phenoxy) is 1. The van der Waals surface area contributed by atoms with Crippen LogP contribution in [-0.4, -0.2) is 102 Å². The maximum absolute atomic E-state index is 13.9. The Morgan fingerprint density at radius 1 is 1.00 bits per heavy atom. The number of rotatable bonds is 17. The van der Waals surface area contributed by atoms with Gasteiger partial charge in [0, 0.05) is 89.7 Å². The van der Waals surface area contributed by atoms with E-state index in [4.69, 9.17) is 21.4 Å². The zero-order chi connectivity index (χ0) is 46.9. The number of allylic oxidation sites excluding steroid dienone is 1. The molecule has 65 heavy (non-hydrogen) atoms. The Balaban J connectivity index is 0.00000193. The second-order valence-corrected chi connectivity index (χ2v) is 18.0. The number of piperazine rings is 1. The van der Waals surface area contributed by atoms with Crippen molar-refractivity contribution in [1.29, 1.82) is 0 Å². The highest BCUT2D eigenvalue weighted by molar-refractivity contribution is 8.00. The average Bonchev–Trinajstić information content (AvgIpc) is 3.77. The Labute approximate surface area is 395 Å². The van der Waals surface area contributed by atoms with Crippen LogP contribution in [0.5, 0.6) is 11.5 Å². The number of aromatic nitrogens is 2. The van der Waals surface area contributed by atoms with Crippen LogP contribution >= 0.6 is 35.3 Å². The minimum atomic E-state index is -4.50. The van der Waals surface area contributed by atoms with Crippen LogP contribution in [0, 0.1) is 5.92 Å². The van der Waals surface area contributed by atoms with Crippen molar-refractivity contribution < 1.29 is 27.8 Å². The monoisotopic (exact) mass is 953 g/mol. The number of pyridine rings is 1. The molecule has 1 aliphatic carbocycles. The smallest absolute Gasteiger partial charge is 0.446 e. The van der Waals surface area contributed by atoms with E-state index < -0.39 is 11.4 Å². The number of aromatic amines is 1. The first-order valence-electron chi connectivity index (χ1n) is 22.5. The second kappa shape index (κ2) is 25.5. The van der Waals surface area contributed by atoms with Gasteiger partial charge in [0.05, 0.1) is 18.4 Å². The topological polar surface area (TPSA) is 109 Å². The molecule has 3 aromatic carbocycles. The molecule has 1 amide bonds. The number of aliphatic hydroxyl groups excluding tert-OH is 1. The molecule has 4 N–H and O–H groups in total. The number of hydrogen-bond acceptors (Lipinski definition) is 10. The van der Waals surface area contributed by atoms with Gasteiger partial charge < -0.3 is 29.9 Å². The Kier molecular flexibility index (Phi) is 20.3. The second-order valence-electron chi connectivity index (χ2n) is 15.6. The lowest BCUT2D eigenvalue weighted by Crippen LogP contribution is -2.47. The molecule has 10 nitrogen and oxygen atoms in total. The number of carbonyl (C=O) groups is 1. The summed E-state index contributed by atoms with van der Waals surface area (Å²) in [5.74, 6) is 0.978. The van der Waals surface area contributed by atoms with Gasteiger partial charge in [-0.3, -0.25) is 14.4 Å². The Morgan fingerprint density at radius 2 is 1.75 bits per heavy atom. The maximum Gasteiger partial charge on any atom is 0.446 e. The van der Waals surface area contributed by atoms with Crippen molar-refractivity contribution >= 4 is 69.2 Å². The van der Waals surface area contributed by atoms with Crippen molar-refractivity contribution in [3.05, 3.63) is 107 Å². The van der Waals surface area contributed by atoms with Crippen LogP contribution in [0.4, 0.5) is 24.5 Å². The quantitative estimate of drug-likeness (QED) is 0.0409. The summed E-state index contributed by atoms with van der Waals surface area (Å²) < 4.78 is 50.1. The number of carbonyl (C=O) groups excluding carboxylic acids is 1. The summed E-state index contributed by atoms with van der Waals surface area (Å²) in [5.41, 5.74) is 1.95. The number of hydrogen-bond donors (Lipinski definition) is 4. The number of H-pyrrole nitrogens is 1. The molecule has 3 heterocycles. The number of anilines is 2. The summed E-state index contributed by atoms with van der Waals surface area (Å²) in [6.45, 7) is 16.3. The number of halogens is 4. The first kappa shape index (κ1) is 51.6. The molecule has 0 bridgehead atoms. The molecule has 1 saturated heterocycles. The van der Waals surface area contributed by atoms with Crippen molar-refractivity contribution in [3.8, 4) is 11.5 Å². The maximum atomic E-state index is 13.9. The van der Waals surface area contributed by atoms with Gasteiger partial charge in [-0.2, -0.15) is 13.2 Å². The normalized spacial score (nSPS) is 15.6. The fourth-order valence-corrected chi connectivity index (χ4v) is 9.34. The summed E-state index contributed by atoms with van der Waals surface area (Å²) in [5, 5.41) is 13.8. The molecule has 352 valence electrons. The number of thioether (sulfide) groups is 1. The van der Waals surface area contributed by atoms with Gasteiger partial charge in [0.25, 0.3) is 5.91 Å². The molecule has 0 saturated carbocycles. The summed E-state index contributed by atoms with van der Waals surface area (Å²) in [6, 6.07) is 22.2. The lowest BCUT2D eigenvalue weighted by Gasteiger charge is -2.38. The molecule has 1 fully saturated rings. The van der Waals surface area contributed by atoms with E-state index in [2.05, 4.69) is 48.9 Å². The van der Waals surface area contributed by atoms with E-state index in [0.717, 1.165) is 73.6 Å². The first-order valence-corrected chi connectivity index (χ1v) is 24.5. The number of alkyl halides is 3. The zero-order valence-electron chi connectivity index (χ0n) is 38.2. The molecule has 7 rings (SSSR count). The highest BCUT2D eigenvalue weighted by Gasteiger charge is 2.31. The van der Waals surface area contributed by atoms with Crippen LogP contribution in [0.3, 0.4) is 0 Å². The predicted octanol–water partition coefficient (Wildman–Crippen LogP) is 12.2. The van der Waals surface area contributed by atoms with E-state index in [1.54, 1.807) is 30.6 Å². The van der Waals surface area contributed by atoms with Crippen LogP contribution in [0.25, 0.3) is 16.6 Å². The lowest BCUT2D eigenvalue weighted by atomic mass is 9.82. The van der Waals surface area contributed by atoms with E-state index in [0.29, 0.717) is 59.7 Å². The average molecular weight is 955 g/mol. The number of nitrogens with zero attached hydrogens (tertiary/aromatic N) is 4. The Morgan fingerprint density at radius 3 is 2.48 bits per heavy atom. The van der Waals surface area contributed by atoms with Gasteiger partial charge in [0.2, 0.25) is 0 Å². The van der Waals surface area contributed by atoms with Crippen molar-refractivity contribution in [3.63, 3.8) is 0 Å². The largest absolute Gasteiger partial charge is 0.455 e. The van der Waals surface area contributed by atoms with Gasteiger partial charge in [-0.25, -0.2) is 4.98 Å². The summed E-state index contributed by atoms with van der Waals surface area (Å²) in [7, 11) is 1.88. The minimum absolute atomic E-state index is 0.00334. The lowest BCUT2D eigenvalue weighted by molar-refractivity contribution is -0.0328. The number of benzene rings is 3. The third-order valence-electron chi connectivity index (χ3n) is 11.0. The standard InChI is InChI=1S/C45H51ClF3N7O3S2.2C2H6/c1-30-4-11-38(31-5-7-34(46)8-6-31)33(24-30)29-55-18-20-56(21-19-55)35-9-12-39(41(26-35)59-36-25-32-14-16-51-43(32)52-28-36)44(58)53-61-37-10-13-40(42(27-37)60-45(47,48)49)50-15-3-17-54(2)22-23-57;2*1-2/h5-10,12-14,16,25-28,30,50,57H,3-4,11,15,17-24,29H2,1-2H3,(H,51,52)(H,53,58);2*1-2H3. The van der Waals surface area contributed by atoms with E-state index >= 15 is 0 Å². The van der Waals surface area contributed by atoms with Gasteiger partial charge >= 0.3 is 5.51 Å². The fourth-order valence-electron chi connectivity index (χ4n) is 7.83. The van der Waals surface area contributed by atoms with Gasteiger partial charge in [-0.05, 0) is 135 Å². The van der Waals surface area contributed by atoms with E-state index in [-0.39, 0.29) is 28.8 Å². The molecular formula is C49H63ClF3N7O3S2. The molecule has 16 heteroatoms. The molecular weight excluding hydrogens is 891 g/mol. The van der Waals surface area contributed by atoms with Crippen LogP contribution in [0.2, 0.25) is 5.02 Å². The number of amides is 1. The number of fused-ring (bicyclic) bond motifs is 1.